The zero-order valence-electron chi connectivity index (χ0n) is 24.4. The molecule has 5 rings (SSSR count). The molecule has 5 atom stereocenters. The van der Waals surface area contributed by atoms with E-state index < -0.39 is 56.1 Å². The Morgan fingerprint density at radius 1 is 1.24 bits per heavy atom. The van der Waals surface area contributed by atoms with Crippen LogP contribution in [0.5, 0.6) is 5.88 Å². The average molecular weight is 616 g/mol. The molecule has 9 nitrogen and oxygen atoms in total. The van der Waals surface area contributed by atoms with Gasteiger partial charge in [0, 0.05) is 29.0 Å². The topological polar surface area (TPSA) is 123 Å². The van der Waals surface area contributed by atoms with E-state index in [0.717, 1.165) is 5.39 Å². The lowest BCUT2D eigenvalue weighted by molar-refractivity contribution is -0.144. The van der Waals surface area contributed by atoms with Gasteiger partial charge in [-0.2, -0.15) is 0 Å². The molecule has 1 saturated heterocycles. The highest BCUT2D eigenvalue weighted by Crippen LogP contribution is 2.46. The fourth-order valence-corrected chi connectivity index (χ4v) is 7.57. The van der Waals surface area contributed by atoms with E-state index in [9.17, 15) is 22.8 Å². The van der Waals surface area contributed by atoms with Gasteiger partial charge in [-0.1, -0.05) is 63.6 Å². The molecule has 3 aliphatic rings. The molecule has 2 amide bonds. The Morgan fingerprint density at radius 3 is 2.50 bits per heavy atom. The van der Waals surface area contributed by atoms with Gasteiger partial charge in [0.15, 0.2) is 15.6 Å². The van der Waals surface area contributed by atoms with Crippen molar-refractivity contribution in [1.82, 2.24) is 15.2 Å². The van der Waals surface area contributed by atoms with Crippen LogP contribution in [0, 0.1) is 17.3 Å². The van der Waals surface area contributed by atoms with E-state index in [4.69, 9.17) is 16.3 Å². The van der Waals surface area contributed by atoms with Crippen LogP contribution in [-0.2, 0) is 24.2 Å². The minimum absolute atomic E-state index is 0.151. The van der Waals surface area contributed by atoms with Crippen molar-refractivity contribution in [2.75, 3.05) is 12.3 Å². The molecule has 2 heterocycles. The predicted molar refractivity (Wildman–Crippen MR) is 161 cm³/mol. The van der Waals surface area contributed by atoms with E-state index in [1.807, 2.05) is 52.0 Å². The molecule has 0 unspecified atom stereocenters. The summed E-state index contributed by atoms with van der Waals surface area (Å²) in [5.74, 6) is -2.28. The summed E-state index contributed by atoms with van der Waals surface area (Å²) < 4.78 is 31.5. The third kappa shape index (κ3) is 5.80. The smallest absolute Gasteiger partial charge is 0.243 e. The molecule has 0 spiro atoms. The van der Waals surface area contributed by atoms with Gasteiger partial charge in [-0.3, -0.25) is 14.4 Å². The molecule has 0 radical (unpaired) electrons. The summed E-state index contributed by atoms with van der Waals surface area (Å²) in [6, 6.07) is 6.51. The van der Waals surface area contributed by atoms with Gasteiger partial charge in [0.2, 0.25) is 17.7 Å². The number of ketones is 1. The van der Waals surface area contributed by atoms with Crippen LogP contribution < -0.4 is 10.1 Å². The maximum absolute atomic E-state index is 13.9. The Hall–Kier alpha value is -2.98. The maximum Gasteiger partial charge on any atom is 0.243 e. The molecule has 226 valence electrons. The number of hydrogen-bond acceptors (Lipinski definition) is 7. The first-order valence-corrected chi connectivity index (χ1v) is 16.5. The molecule has 3 fully saturated rings. The molecule has 2 aromatic rings. The number of sulfone groups is 1. The van der Waals surface area contributed by atoms with Crippen molar-refractivity contribution < 1.29 is 27.5 Å². The van der Waals surface area contributed by atoms with Gasteiger partial charge < -0.3 is 15.0 Å². The first-order chi connectivity index (χ1) is 19.7. The molecule has 42 heavy (non-hydrogen) atoms. The predicted octanol–water partition coefficient (Wildman–Crippen LogP) is 4.13. The fraction of sp³-hybridized carbons (Fsp3) is 0.548. The van der Waals surface area contributed by atoms with E-state index in [0.29, 0.717) is 29.1 Å². The van der Waals surface area contributed by atoms with E-state index in [-0.39, 0.29) is 36.6 Å². The number of aromatic nitrogens is 1. The summed E-state index contributed by atoms with van der Waals surface area (Å²) in [7, 11) is -3.57. The van der Waals surface area contributed by atoms with Gasteiger partial charge in [-0.15, -0.1) is 6.58 Å². The number of rotatable bonds is 10. The molecule has 11 heteroatoms. The first-order valence-electron chi connectivity index (χ1n) is 14.4. The SMILES string of the molecule is C=C[C@@H]1C[C@]1(NC(=O)[C@@H]1C[C@@H](Oc2ncc(Cl)c3ccccc23)CN1C(=O)[C@@H](C)C(C)(C)C)C(=O)CS(=O)(=O)C1CC1. The first kappa shape index (κ1) is 30.5. The molecular weight excluding hydrogens is 578 g/mol. The van der Waals surface area contributed by atoms with E-state index in [1.54, 1.807) is 6.08 Å². The standard InChI is InChI=1S/C31H38ClN3O6S/c1-6-19-14-31(19,26(36)17-42(39,40)21-11-12-21)34-27(37)25-13-20(16-35(25)29(38)18(2)30(3,4)5)41-28-23-10-8-7-9-22(23)24(32)15-33-28/h6-10,15,18-21,25H,1,11-14,16-17H2,2-5H3,(H,34,37)/t18-,19-,20-,25+,31-/m1/s1. The number of ether oxygens (including phenoxy) is 1. The normalized spacial score (nSPS) is 26.5. The molecule has 2 aliphatic carbocycles. The summed E-state index contributed by atoms with van der Waals surface area (Å²) in [4.78, 5) is 46.9. The van der Waals surface area contributed by atoms with Crippen LogP contribution in [0.4, 0.5) is 0 Å². The van der Waals surface area contributed by atoms with Crippen molar-refractivity contribution in [3.05, 3.63) is 48.1 Å². The van der Waals surface area contributed by atoms with Gasteiger partial charge in [0.05, 0.1) is 23.0 Å². The number of halogens is 1. The van der Waals surface area contributed by atoms with Crippen LogP contribution in [0.1, 0.15) is 53.4 Å². The molecule has 1 N–H and O–H groups in total. The number of likely N-dealkylation sites (tertiary alicyclic amines) is 1. The van der Waals surface area contributed by atoms with E-state index in [1.165, 1.54) is 11.1 Å². The number of amides is 2. The molecule has 0 bridgehead atoms. The number of hydrogen-bond donors (Lipinski definition) is 1. The highest BCUT2D eigenvalue weighted by Gasteiger charge is 2.61. The average Bonchev–Trinajstić information content (AvgIpc) is 3.86. The Labute approximate surface area is 251 Å². The third-order valence-corrected chi connectivity index (χ3v) is 11.5. The Bertz CT molecular complexity index is 1550. The minimum atomic E-state index is -3.57. The number of Topliss-reactive ketones (excluding diaryl/α,β-unsaturated/α-hetero) is 1. The lowest BCUT2D eigenvalue weighted by Gasteiger charge is -2.33. The van der Waals surface area contributed by atoms with Crippen molar-refractivity contribution in [1.29, 1.82) is 0 Å². The van der Waals surface area contributed by atoms with Gasteiger partial charge in [0.25, 0.3) is 0 Å². The van der Waals surface area contributed by atoms with Crippen LogP contribution in [0.2, 0.25) is 5.02 Å². The zero-order chi connectivity index (χ0) is 30.6. The number of nitrogens with zero attached hydrogens (tertiary/aromatic N) is 2. The number of pyridine rings is 1. The monoisotopic (exact) mass is 615 g/mol. The van der Waals surface area contributed by atoms with Crippen LogP contribution >= 0.6 is 11.6 Å². The van der Waals surface area contributed by atoms with Crippen LogP contribution in [-0.4, -0.2) is 71.1 Å². The van der Waals surface area contributed by atoms with E-state index in [2.05, 4.69) is 16.9 Å². The largest absolute Gasteiger partial charge is 0.472 e. The lowest BCUT2D eigenvalue weighted by Crippen LogP contribution is -2.55. The number of benzene rings is 1. The van der Waals surface area contributed by atoms with Crippen molar-refractivity contribution in [2.45, 2.75) is 76.3 Å². The second kappa shape index (κ2) is 10.9. The molecule has 2 saturated carbocycles. The Morgan fingerprint density at radius 2 is 1.90 bits per heavy atom. The molecule has 1 aromatic heterocycles. The van der Waals surface area contributed by atoms with Crippen molar-refractivity contribution >= 4 is 49.8 Å². The van der Waals surface area contributed by atoms with Crippen molar-refractivity contribution in [3.63, 3.8) is 0 Å². The number of carbonyl (C=O) groups excluding carboxylic acids is 3. The second-order valence-corrected chi connectivity index (χ2v) is 15.7. The summed E-state index contributed by atoms with van der Waals surface area (Å²) in [6.07, 6.45) is 4.11. The van der Waals surface area contributed by atoms with Crippen LogP contribution in [0.15, 0.2) is 43.1 Å². The summed E-state index contributed by atoms with van der Waals surface area (Å²) in [6.45, 7) is 11.7. The number of nitrogens with one attached hydrogen (secondary N) is 1. The highest BCUT2D eigenvalue weighted by atomic mass is 35.5. The second-order valence-electron chi connectivity index (χ2n) is 13.0. The van der Waals surface area contributed by atoms with Gasteiger partial charge >= 0.3 is 0 Å². The van der Waals surface area contributed by atoms with E-state index >= 15 is 0 Å². The number of fused-ring (bicyclic) bond motifs is 1. The van der Waals surface area contributed by atoms with Gasteiger partial charge in [-0.05, 0) is 30.7 Å². The maximum atomic E-state index is 13.9. The Kier molecular flexibility index (Phi) is 7.94. The highest BCUT2D eigenvalue weighted by molar-refractivity contribution is 7.93. The lowest BCUT2D eigenvalue weighted by atomic mass is 9.81. The van der Waals surface area contributed by atoms with Crippen LogP contribution in [0.25, 0.3) is 10.8 Å². The van der Waals surface area contributed by atoms with Crippen molar-refractivity contribution in [2.24, 2.45) is 17.3 Å². The quantitative estimate of drug-likeness (QED) is 0.399. The number of carbonyl (C=O) groups is 3. The molecule has 1 aromatic carbocycles. The summed E-state index contributed by atoms with van der Waals surface area (Å²) in [5, 5.41) is 4.36. The minimum Gasteiger partial charge on any atom is -0.472 e. The van der Waals surface area contributed by atoms with Gasteiger partial charge in [0.1, 0.15) is 23.4 Å². The van der Waals surface area contributed by atoms with Gasteiger partial charge in [-0.25, -0.2) is 13.4 Å². The fourth-order valence-electron chi connectivity index (χ4n) is 5.64. The molecular formula is C31H38ClN3O6S. The zero-order valence-corrected chi connectivity index (χ0v) is 26.0. The Balaban J connectivity index is 1.40. The summed E-state index contributed by atoms with van der Waals surface area (Å²) in [5.41, 5.74) is -1.69. The summed E-state index contributed by atoms with van der Waals surface area (Å²) >= 11 is 6.33. The molecule has 1 aliphatic heterocycles. The van der Waals surface area contributed by atoms with Crippen LogP contribution in [0.3, 0.4) is 0 Å². The third-order valence-electron chi connectivity index (χ3n) is 9.01. The van der Waals surface area contributed by atoms with Crippen molar-refractivity contribution in [3.8, 4) is 5.88 Å².